The Morgan fingerprint density at radius 3 is 2.70 bits per heavy atom. The molecular formula is C13H15ClN4O5. The summed E-state index contributed by atoms with van der Waals surface area (Å²) in [5.41, 5.74) is 2.18. The van der Waals surface area contributed by atoms with Crippen molar-refractivity contribution in [2.45, 2.75) is 13.8 Å². The van der Waals surface area contributed by atoms with Crippen molar-refractivity contribution in [3.8, 4) is 5.75 Å². The molecule has 124 valence electrons. The number of halogens is 1. The molecular weight excluding hydrogens is 328 g/mol. The molecule has 0 aliphatic rings. The van der Waals surface area contributed by atoms with Gasteiger partial charge in [-0.1, -0.05) is 11.6 Å². The zero-order valence-electron chi connectivity index (χ0n) is 12.7. The van der Waals surface area contributed by atoms with E-state index in [9.17, 15) is 20.0 Å². The van der Waals surface area contributed by atoms with E-state index in [-0.39, 0.29) is 23.0 Å². The van der Waals surface area contributed by atoms with Gasteiger partial charge in [0.1, 0.15) is 10.8 Å². The topological polar surface area (TPSA) is 126 Å². The number of nitro groups is 1. The fourth-order valence-electron chi connectivity index (χ4n) is 1.48. The predicted molar refractivity (Wildman–Crippen MR) is 86.5 cm³/mol. The zero-order valence-corrected chi connectivity index (χ0v) is 13.4. The van der Waals surface area contributed by atoms with Gasteiger partial charge in [0.15, 0.2) is 5.71 Å². The number of hydrogen-bond donors (Lipinski definition) is 2. The number of anilines is 1. The first kappa shape index (κ1) is 18.4. The number of phenols is 1. The number of hydrazone groups is 1. The number of aromatic hydroxyl groups is 1. The Labute approximate surface area is 136 Å². The van der Waals surface area contributed by atoms with E-state index in [1.54, 1.807) is 13.8 Å². The number of aliphatic imine (C=N–C) groups is 1. The number of rotatable bonds is 6. The number of ether oxygens (including phenoxy) is 1. The van der Waals surface area contributed by atoms with Gasteiger partial charge in [0, 0.05) is 7.05 Å². The maximum Gasteiger partial charge on any atom is 0.360 e. The summed E-state index contributed by atoms with van der Waals surface area (Å²) < 4.78 is 4.85. The summed E-state index contributed by atoms with van der Waals surface area (Å²) in [6.45, 7) is 3.35. The van der Waals surface area contributed by atoms with E-state index < -0.39 is 22.3 Å². The lowest BCUT2D eigenvalue weighted by Gasteiger charge is -2.08. The largest absolute Gasteiger partial charge is 0.505 e. The summed E-state index contributed by atoms with van der Waals surface area (Å²) in [5.74, 6) is -1.14. The minimum Gasteiger partial charge on any atom is -0.505 e. The molecule has 0 radical (unpaired) electrons. The second-order valence-electron chi connectivity index (χ2n) is 4.18. The number of nitrogens with zero attached hydrogens (tertiary/aromatic N) is 3. The average Bonchev–Trinajstić information content (AvgIpc) is 2.49. The number of phenolic OH excluding ortho intramolecular Hbond substituents is 1. The molecule has 0 aliphatic carbocycles. The standard InChI is InChI=1S/C13H15ClN4O5/c1-4-23-13(20)12(7(2)15-3)17-16-9-5-8(14)10(18(21)22)6-11(9)19/h5-6,16,19H,4H2,1-3H3/b15-7?,17-12-. The third kappa shape index (κ3) is 4.65. The van der Waals surface area contributed by atoms with Crippen molar-refractivity contribution < 1.29 is 19.6 Å². The summed E-state index contributed by atoms with van der Waals surface area (Å²) >= 11 is 5.76. The van der Waals surface area contributed by atoms with E-state index in [1.165, 1.54) is 7.05 Å². The molecule has 0 fully saturated rings. The van der Waals surface area contributed by atoms with Gasteiger partial charge in [-0.05, 0) is 19.9 Å². The summed E-state index contributed by atoms with van der Waals surface area (Å²) in [6, 6.07) is 2.00. The van der Waals surface area contributed by atoms with Crippen molar-refractivity contribution in [1.82, 2.24) is 0 Å². The fourth-order valence-corrected chi connectivity index (χ4v) is 1.71. The fraction of sp³-hybridized carbons (Fsp3) is 0.308. The number of esters is 1. The molecule has 0 amide bonds. The Hall–Kier alpha value is -2.68. The lowest BCUT2D eigenvalue weighted by Crippen LogP contribution is -2.25. The Morgan fingerprint density at radius 1 is 1.52 bits per heavy atom. The molecule has 1 rings (SSSR count). The highest BCUT2D eigenvalue weighted by Gasteiger charge is 2.19. The van der Waals surface area contributed by atoms with Crippen molar-refractivity contribution in [1.29, 1.82) is 0 Å². The number of hydrogen-bond acceptors (Lipinski definition) is 8. The molecule has 0 heterocycles. The Kier molecular flexibility index (Phi) is 6.46. The van der Waals surface area contributed by atoms with Crippen LogP contribution in [-0.4, -0.2) is 41.1 Å². The molecule has 1 aromatic rings. The molecule has 0 bridgehead atoms. The number of carbonyl (C=O) groups excluding carboxylic acids is 1. The van der Waals surface area contributed by atoms with Crippen molar-refractivity contribution in [3.63, 3.8) is 0 Å². The van der Waals surface area contributed by atoms with Crippen LogP contribution >= 0.6 is 11.6 Å². The van der Waals surface area contributed by atoms with Crippen LogP contribution in [0.25, 0.3) is 0 Å². The zero-order chi connectivity index (χ0) is 17.6. The van der Waals surface area contributed by atoms with Crippen LogP contribution in [0, 0.1) is 10.1 Å². The summed E-state index contributed by atoms with van der Waals surface area (Å²) in [6.07, 6.45) is 0. The van der Waals surface area contributed by atoms with E-state index in [1.807, 2.05) is 0 Å². The smallest absolute Gasteiger partial charge is 0.360 e. The Morgan fingerprint density at radius 2 is 2.17 bits per heavy atom. The molecule has 0 unspecified atom stereocenters. The van der Waals surface area contributed by atoms with Crippen LogP contribution < -0.4 is 5.43 Å². The first-order chi connectivity index (χ1) is 10.8. The molecule has 0 aromatic heterocycles. The first-order valence-electron chi connectivity index (χ1n) is 6.43. The highest BCUT2D eigenvalue weighted by molar-refractivity contribution is 6.65. The quantitative estimate of drug-likeness (QED) is 0.268. The van der Waals surface area contributed by atoms with Crippen molar-refractivity contribution >= 4 is 40.4 Å². The number of nitro benzene ring substituents is 1. The molecule has 1 aromatic carbocycles. The second kappa shape index (κ2) is 8.08. The van der Waals surface area contributed by atoms with Crippen LogP contribution in [-0.2, 0) is 9.53 Å². The van der Waals surface area contributed by atoms with Crippen LogP contribution in [0.5, 0.6) is 5.75 Å². The van der Waals surface area contributed by atoms with Gasteiger partial charge in [-0.2, -0.15) is 5.10 Å². The predicted octanol–water partition coefficient (Wildman–Crippen LogP) is 2.38. The van der Waals surface area contributed by atoms with E-state index in [2.05, 4.69) is 15.5 Å². The van der Waals surface area contributed by atoms with Crippen LogP contribution in [0.4, 0.5) is 11.4 Å². The lowest BCUT2D eigenvalue weighted by molar-refractivity contribution is -0.384. The minimum absolute atomic E-state index is 0.00805. The molecule has 0 aliphatic heterocycles. The molecule has 2 N–H and O–H groups in total. The third-order valence-electron chi connectivity index (χ3n) is 2.70. The highest BCUT2D eigenvalue weighted by atomic mass is 35.5. The van der Waals surface area contributed by atoms with Crippen LogP contribution in [0.1, 0.15) is 13.8 Å². The second-order valence-corrected chi connectivity index (χ2v) is 4.59. The Balaban J connectivity index is 3.16. The molecule has 0 atom stereocenters. The molecule has 23 heavy (non-hydrogen) atoms. The molecule has 0 saturated carbocycles. The molecule has 0 saturated heterocycles. The van der Waals surface area contributed by atoms with Crippen molar-refractivity contribution in [2.24, 2.45) is 10.1 Å². The number of carbonyl (C=O) groups is 1. The molecule has 0 spiro atoms. The maximum absolute atomic E-state index is 11.8. The lowest BCUT2D eigenvalue weighted by atomic mass is 10.2. The third-order valence-corrected chi connectivity index (χ3v) is 3.00. The Bertz CT molecular complexity index is 687. The van der Waals surface area contributed by atoms with Gasteiger partial charge < -0.3 is 9.84 Å². The summed E-state index contributed by atoms with van der Waals surface area (Å²) in [5, 5.41) is 24.1. The van der Waals surface area contributed by atoms with Crippen molar-refractivity contribution in [3.05, 3.63) is 27.3 Å². The average molecular weight is 343 g/mol. The van der Waals surface area contributed by atoms with Gasteiger partial charge >= 0.3 is 5.97 Å². The normalized spacial score (nSPS) is 12.0. The number of nitrogens with one attached hydrogen (secondary N) is 1. The van der Waals surface area contributed by atoms with Gasteiger partial charge in [0.2, 0.25) is 0 Å². The van der Waals surface area contributed by atoms with Gasteiger partial charge in [0.05, 0.1) is 29.0 Å². The summed E-state index contributed by atoms with van der Waals surface area (Å²) in [7, 11) is 1.48. The SMILES string of the molecule is CCOC(=O)/C(=N\Nc1cc(Cl)c([N+](=O)[O-])cc1O)C(C)=NC. The van der Waals surface area contributed by atoms with Gasteiger partial charge in [0.25, 0.3) is 5.69 Å². The van der Waals surface area contributed by atoms with Gasteiger partial charge in [-0.25, -0.2) is 4.79 Å². The van der Waals surface area contributed by atoms with Gasteiger partial charge in [-0.3, -0.25) is 20.5 Å². The maximum atomic E-state index is 11.8. The van der Waals surface area contributed by atoms with E-state index in [4.69, 9.17) is 16.3 Å². The van der Waals surface area contributed by atoms with Crippen molar-refractivity contribution in [2.75, 3.05) is 19.1 Å². The van der Waals surface area contributed by atoms with E-state index in [0.29, 0.717) is 5.71 Å². The minimum atomic E-state index is -0.729. The first-order valence-corrected chi connectivity index (χ1v) is 6.81. The van der Waals surface area contributed by atoms with E-state index in [0.717, 1.165) is 12.1 Å². The van der Waals surface area contributed by atoms with Crippen LogP contribution in [0.3, 0.4) is 0 Å². The van der Waals surface area contributed by atoms with Crippen LogP contribution in [0.2, 0.25) is 5.02 Å². The van der Waals surface area contributed by atoms with Gasteiger partial charge in [-0.15, -0.1) is 0 Å². The number of benzene rings is 1. The highest BCUT2D eigenvalue weighted by Crippen LogP contribution is 2.34. The van der Waals surface area contributed by atoms with E-state index >= 15 is 0 Å². The molecule has 10 heteroatoms. The molecule has 9 nitrogen and oxygen atoms in total. The monoisotopic (exact) mass is 342 g/mol. The van der Waals surface area contributed by atoms with Crippen LogP contribution in [0.15, 0.2) is 22.2 Å². The summed E-state index contributed by atoms with van der Waals surface area (Å²) in [4.78, 5) is 25.7.